The van der Waals surface area contributed by atoms with Gasteiger partial charge in [-0.2, -0.15) is 13.2 Å². The predicted molar refractivity (Wildman–Crippen MR) is 73.2 cm³/mol. The van der Waals surface area contributed by atoms with Crippen LogP contribution in [0.4, 0.5) is 18.0 Å². The van der Waals surface area contributed by atoms with Crippen LogP contribution in [0.5, 0.6) is 0 Å². The molecule has 3 amide bonds. The van der Waals surface area contributed by atoms with Crippen molar-refractivity contribution in [1.29, 1.82) is 0 Å². The number of benzene rings is 1. The number of rotatable bonds is 3. The van der Waals surface area contributed by atoms with Crippen LogP contribution < -0.4 is 0 Å². The molecule has 2 heterocycles. The molecular weight excluding hydrogens is 313 g/mol. The van der Waals surface area contributed by atoms with Gasteiger partial charge in [-0.15, -0.1) is 0 Å². The summed E-state index contributed by atoms with van der Waals surface area (Å²) < 4.78 is 37.6. The molecule has 23 heavy (non-hydrogen) atoms. The molecule has 0 saturated carbocycles. The standard InChI is InChI=1S/C15H15F3N2O3/c16-15(17,18)10-5-3-9(4-6-10)12(21)8-20-13(22)11-2-1-7-19(11)14(20)23/h3-6,11-12,21H,1-2,7-8H2. The fourth-order valence-electron chi connectivity index (χ4n) is 3.02. The highest BCUT2D eigenvalue weighted by molar-refractivity contribution is 6.04. The fourth-order valence-corrected chi connectivity index (χ4v) is 3.02. The number of aliphatic hydroxyl groups is 1. The highest BCUT2D eigenvalue weighted by Crippen LogP contribution is 2.31. The molecule has 2 unspecified atom stereocenters. The summed E-state index contributed by atoms with van der Waals surface area (Å²) in [7, 11) is 0. The van der Waals surface area contributed by atoms with Crippen LogP contribution in [0.1, 0.15) is 30.1 Å². The quantitative estimate of drug-likeness (QED) is 0.865. The van der Waals surface area contributed by atoms with Crippen molar-refractivity contribution >= 4 is 11.9 Å². The minimum Gasteiger partial charge on any atom is -0.387 e. The largest absolute Gasteiger partial charge is 0.416 e. The number of amides is 3. The minimum atomic E-state index is -4.45. The lowest BCUT2D eigenvalue weighted by atomic mass is 10.1. The predicted octanol–water partition coefficient (Wildman–Crippen LogP) is 2.17. The molecule has 2 aliphatic heterocycles. The van der Waals surface area contributed by atoms with Crippen molar-refractivity contribution in [2.75, 3.05) is 13.1 Å². The van der Waals surface area contributed by atoms with E-state index in [1.165, 1.54) is 4.90 Å². The third kappa shape index (κ3) is 2.78. The van der Waals surface area contributed by atoms with Crippen LogP contribution in [0.2, 0.25) is 0 Å². The zero-order chi connectivity index (χ0) is 16.8. The van der Waals surface area contributed by atoms with Crippen molar-refractivity contribution < 1.29 is 27.9 Å². The van der Waals surface area contributed by atoms with Gasteiger partial charge in [-0.05, 0) is 30.5 Å². The van der Waals surface area contributed by atoms with E-state index in [2.05, 4.69) is 0 Å². The first kappa shape index (κ1) is 15.8. The molecule has 0 radical (unpaired) electrons. The Morgan fingerprint density at radius 2 is 1.87 bits per heavy atom. The first-order valence-electron chi connectivity index (χ1n) is 7.26. The highest BCUT2D eigenvalue weighted by Gasteiger charge is 2.47. The van der Waals surface area contributed by atoms with Crippen LogP contribution in [0.15, 0.2) is 24.3 Å². The number of nitrogens with zero attached hydrogens (tertiary/aromatic N) is 2. The molecule has 0 aromatic heterocycles. The molecule has 5 nitrogen and oxygen atoms in total. The third-order valence-electron chi connectivity index (χ3n) is 4.26. The maximum absolute atomic E-state index is 12.5. The number of hydrogen-bond acceptors (Lipinski definition) is 3. The molecule has 1 aromatic rings. The van der Waals surface area contributed by atoms with E-state index in [1.54, 1.807) is 0 Å². The molecule has 3 rings (SSSR count). The van der Waals surface area contributed by atoms with Gasteiger partial charge in [0.1, 0.15) is 6.04 Å². The van der Waals surface area contributed by atoms with Gasteiger partial charge >= 0.3 is 12.2 Å². The normalized spacial score (nSPS) is 22.7. The van der Waals surface area contributed by atoms with Crippen molar-refractivity contribution in [1.82, 2.24) is 9.80 Å². The van der Waals surface area contributed by atoms with Gasteiger partial charge in [-0.25, -0.2) is 4.79 Å². The lowest BCUT2D eigenvalue weighted by Crippen LogP contribution is -2.36. The number of alkyl halides is 3. The molecule has 0 spiro atoms. The average Bonchev–Trinajstić information content (AvgIpc) is 3.06. The number of aliphatic hydroxyl groups excluding tert-OH is 1. The Morgan fingerprint density at radius 3 is 2.43 bits per heavy atom. The number of imide groups is 1. The van der Waals surface area contributed by atoms with Crippen molar-refractivity contribution in [3.63, 3.8) is 0 Å². The Kier molecular flexibility index (Phi) is 3.79. The van der Waals surface area contributed by atoms with E-state index in [4.69, 9.17) is 0 Å². The molecule has 2 fully saturated rings. The van der Waals surface area contributed by atoms with Gasteiger partial charge in [-0.1, -0.05) is 12.1 Å². The summed E-state index contributed by atoms with van der Waals surface area (Å²) in [5, 5.41) is 10.1. The van der Waals surface area contributed by atoms with Crippen molar-refractivity contribution in [3.05, 3.63) is 35.4 Å². The maximum Gasteiger partial charge on any atom is 0.416 e. The van der Waals surface area contributed by atoms with Crippen LogP contribution in [-0.4, -0.2) is 46.0 Å². The summed E-state index contributed by atoms with van der Waals surface area (Å²) in [6.45, 7) is 0.262. The van der Waals surface area contributed by atoms with E-state index in [1.807, 2.05) is 0 Å². The van der Waals surface area contributed by atoms with E-state index < -0.39 is 29.9 Å². The summed E-state index contributed by atoms with van der Waals surface area (Å²) in [5.74, 6) is -0.349. The summed E-state index contributed by atoms with van der Waals surface area (Å²) in [4.78, 5) is 26.7. The number of hydrogen-bond donors (Lipinski definition) is 1. The zero-order valence-corrected chi connectivity index (χ0v) is 12.1. The summed E-state index contributed by atoms with van der Waals surface area (Å²) in [5.41, 5.74) is -0.590. The number of β-amino-alcohol motifs (C(OH)–C–C–N with tert-alkyl or cyclic N) is 1. The second-order valence-electron chi connectivity index (χ2n) is 5.72. The van der Waals surface area contributed by atoms with Crippen LogP contribution in [0, 0.1) is 0 Å². The van der Waals surface area contributed by atoms with E-state index in [-0.39, 0.29) is 18.0 Å². The molecule has 2 saturated heterocycles. The Morgan fingerprint density at radius 1 is 1.22 bits per heavy atom. The summed E-state index contributed by atoms with van der Waals surface area (Å²) in [6, 6.07) is 3.14. The Bertz CT molecular complexity index is 608. The molecule has 1 aromatic carbocycles. The molecule has 2 aliphatic rings. The number of halogens is 3. The lowest BCUT2D eigenvalue weighted by molar-refractivity contribution is -0.137. The van der Waals surface area contributed by atoms with Crippen molar-refractivity contribution in [3.8, 4) is 0 Å². The molecule has 0 bridgehead atoms. The summed E-state index contributed by atoms with van der Waals surface area (Å²) >= 11 is 0. The minimum absolute atomic E-state index is 0.227. The smallest absolute Gasteiger partial charge is 0.387 e. The van der Waals surface area contributed by atoms with Crippen molar-refractivity contribution in [2.45, 2.75) is 31.2 Å². The Balaban J connectivity index is 1.71. The van der Waals surface area contributed by atoms with Gasteiger partial charge < -0.3 is 10.0 Å². The van der Waals surface area contributed by atoms with Gasteiger partial charge in [0.15, 0.2) is 0 Å². The van der Waals surface area contributed by atoms with E-state index in [9.17, 15) is 27.9 Å². The summed E-state index contributed by atoms with van der Waals surface area (Å²) in [6.07, 6.45) is -4.28. The first-order valence-corrected chi connectivity index (χ1v) is 7.26. The number of carbonyl (C=O) groups excluding carboxylic acids is 2. The van der Waals surface area contributed by atoms with Gasteiger partial charge in [0.2, 0.25) is 0 Å². The van der Waals surface area contributed by atoms with Gasteiger partial charge in [0.25, 0.3) is 5.91 Å². The first-order chi connectivity index (χ1) is 10.8. The molecule has 8 heteroatoms. The van der Waals surface area contributed by atoms with E-state index in [0.717, 1.165) is 35.6 Å². The SMILES string of the molecule is O=C1C2CCCN2C(=O)N1CC(O)c1ccc(C(F)(F)F)cc1. The molecular formula is C15H15F3N2O3. The molecule has 2 atom stereocenters. The monoisotopic (exact) mass is 328 g/mol. The zero-order valence-electron chi connectivity index (χ0n) is 12.1. The number of carbonyl (C=O) groups is 2. The van der Waals surface area contributed by atoms with Crippen LogP contribution in [0.3, 0.4) is 0 Å². The van der Waals surface area contributed by atoms with Crippen molar-refractivity contribution in [2.24, 2.45) is 0 Å². The van der Waals surface area contributed by atoms with Crippen LogP contribution >= 0.6 is 0 Å². The van der Waals surface area contributed by atoms with Gasteiger partial charge in [0, 0.05) is 6.54 Å². The second-order valence-corrected chi connectivity index (χ2v) is 5.72. The van der Waals surface area contributed by atoms with Crippen LogP contribution in [-0.2, 0) is 11.0 Å². The number of fused-ring (bicyclic) bond motifs is 1. The fraction of sp³-hybridized carbons (Fsp3) is 0.467. The average molecular weight is 328 g/mol. The van der Waals surface area contributed by atoms with Gasteiger partial charge in [0.05, 0.1) is 18.2 Å². The third-order valence-corrected chi connectivity index (χ3v) is 4.26. The Hall–Kier alpha value is -2.09. The second kappa shape index (κ2) is 5.52. The topological polar surface area (TPSA) is 60.9 Å². The lowest BCUT2D eigenvalue weighted by Gasteiger charge is -2.19. The molecule has 0 aliphatic carbocycles. The number of urea groups is 1. The Labute approximate surface area is 130 Å². The maximum atomic E-state index is 12.5. The van der Waals surface area contributed by atoms with E-state index in [0.29, 0.717) is 13.0 Å². The van der Waals surface area contributed by atoms with Gasteiger partial charge in [-0.3, -0.25) is 9.69 Å². The van der Waals surface area contributed by atoms with E-state index >= 15 is 0 Å². The highest BCUT2D eigenvalue weighted by atomic mass is 19.4. The molecule has 124 valence electrons. The van der Waals surface area contributed by atoms with Crippen LogP contribution in [0.25, 0.3) is 0 Å². The molecule has 1 N–H and O–H groups in total.